The number of alkyl halides is 1. The molecule has 0 saturated carbocycles. The molecule has 0 saturated heterocycles. The Morgan fingerprint density at radius 2 is 1.79 bits per heavy atom. The van der Waals surface area contributed by atoms with E-state index in [-0.39, 0.29) is 6.42 Å². The summed E-state index contributed by atoms with van der Waals surface area (Å²) in [6, 6.07) is 2.21. The third-order valence-electron chi connectivity index (χ3n) is 2.81. The van der Waals surface area contributed by atoms with Crippen molar-refractivity contribution in [3.8, 4) is 11.5 Å². The lowest BCUT2D eigenvalue weighted by Crippen LogP contribution is -2.17. The molecule has 0 aliphatic heterocycles. The van der Waals surface area contributed by atoms with Crippen molar-refractivity contribution in [1.82, 2.24) is 0 Å². The van der Waals surface area contributed by atoms with Crippen molar-refractivity contribution >= 4 is 5.97 Å². The lowest BCUT2D eigenvalue weighted by atomic mass is 9.95. The fourth-order valence-electron chi connectivity index (χ4n) is 1.87. The number of ether oxygens (including phenoxy) is 2. The molecule has 1 rings (SSSR count). The first-order valence-electron chi connectivity index (χ1n) is 5.78. The average molecular weight is 271 g/mol. The van der Waals surface area contributed by atoms with Gasteiger partial charge in [-0.3, -0.25) is 4.79 Å². The van der Waals surface area contributed by atoms with Crippen LogP contribution in [0.1, 0.15) is 36.7 Å². The number of nitrogens with two attached hydrogens (primary N) is 1. The maximum atomic E-state index is 13.6. The predicted molar refractivity (Wildman–Crippen MR) is 68.3 cm³/mol. The van der Waals surface area contributed by atoms with Crippen LogP contribution in [-0.4, -0.2) is 25.3 Å². The highest BCUT2D eigenvalue weighted by molar-refractivity contribution is 5.68. The number of carboxylic acids is 1. The molecule has 0 aromatic heterocycles. The molecule has 106 valence electrons. The summed E-state index contributed by atoms with van der Waals surface area (Å²) in [6.45, 7) is 1.36. The molecule has 1 aromatic rings. The molecule has 0 radical (unpaired) electrons. The van der Waals surface area contributed by atoms with Crippen LogP contribution < -0.4 is 15.2 Å². The van der Waals surface area contributed by atoms with Gasteiger partial charge in [-0.2, -0.15) is 0 Å². The minimum atomic E-state index is -1.28. The number of methoxy groups -OCH3 is 2. The van der Waals surface area contributed by atoms with Crippen LogP contribution in [0.4, 0.5) is 4.39 Å². The minimum absolute atomic E-state index is 0.283. The first-order valence-corrected chi connectivity index (χ1v) is 5.78. The van der Waals surface area contributed by atoms with Crippen molar-refractivity contribution in [3.63, 3.8) is 0 Å². The Labute approximate surface area is 111 Å². The summed E-state index contributed by atoms with van der Waals surface area (Å²) >= 11 is 0. The molecule has 0 heterocycles. The molecule has 19 heavy (non-hydrogen) atoms. The third-order valence-corrected chi connectivity index (χ3v) is 2.81. The van der Waals surface area contributed by atoms with E-state index in [4.69, 9.17) is 20.3 Å². The zero-order valence-electron chi connectivity index (χ0n) is 11.1. The van der Waals surface area contributed by atoms with Crippen molar-refractivity contribution in [2.75, 3.05) is 14.2 Å². The molecule has 0 amide bonds. The smallest absolute Gasteiger partial charge is 0.305 e. The maximum Gasteiger partial charge on any atom is 0.305 e. The molecular weight excluding hydrogens is 253 g/mol. The molecule has 0 spiro atoms. The molecule has 0 aliphatic rings. The van der Waals surface area contributed by atoms with Crippen LogP contribution in [0.2, 0.25) is 0 Å². The van der Waals surface area contributed by atoms with Gasteiger partial charge in [-0.1, -0.05) is 0 Å². The number of hydrogen-bond acceptors (Lipinski definition) is 4. The summed E-state index contributed by atoms with van der Waals surface area (Å²) in [5, 5.41) is 8.77. The molecule has 0 aliphatic carbocycles. The summed E-state index contributed by atoms with van der Waals surface area (Å²) in [7, 11) is 2.89. The number of benzene rings is 1. The summed E-state index contributed by atoms with van der Waals surface area (Å²) in [4.78, 5) is 10.7. The molecule has 5 nitrogen and oxygen atoms in total. The second kappa shape index (κ2) is 6.38. The predicted octanol–water partition coefficient (Wildman–Crippen LogP) is 2.21. The lowest BCUT2D eigenvalue weighted by Gasteiger charge is -2.19. The highest BCUT2D eigenvalue weighted by atomic mass is 19.1. The Morgan fingerprint density at radius 3 is 2.16 bits per heavy atom. The second-order valence-corrected chi connectivity index (χ2v) is 4.16. The number of halogens is 1. The molecule has 6 heteroatoms. The van der Waals surface area contributed by atoms with E-state index in [0.717, 1.165) is 0 Å². The summed E-state index contributed by atoms with van der Waals surface area (Å²) in [5.41, 5.74) is 6.53. The number of aliphatic carboxylic acids is 1. The average Bonchev–Trinajstić information content (AvgIpc) is 2.35. The molecule has 0 bridgehead atoms. The fraction of sp³-hybridized carbons (Fsp3) is 0.462. The van der Waals surface area contributed by atoms with Crippen molar-refractivity contribution in [3.05, 3.63) is 23.3 Å². The maximum absolute atomic E-state index is 13.6. The molecule has 0 fully saturated rings. The first kappa shape index (κ1) is 15.2. The SMILES string of the molecule is COc1cc(C(C)F)c(C(N)CC(=O)O)cc1OC. The first-order chi connectivity index (χ1) is 8.90. The third kappa shape index (κ3) is 3.57. The van der Waals surface area contributed by atoms with Gasteiger partial charge in [0.1, 0.15) is 6.17 Å². The van der Waals surface area contributed by atoms with Gasteiger partial charge in [0.2, 0.25) is 0 Å². The fourth-order valence-corrected chi connectivity index (χ4v) is 1.87. The van der Waals surface area contributed by atoms with Crippen molar-refractivity contribution < 1.29 is 23.8 Å². The van der Waals surface area contributed by atoms with E-state index in [0.29, 0.717) is 22.6 Å². The molecule has 1 aromatic carbocycles. The van der Waals surface area contributed by atoms with Gasteiger partial charge in [-0.25, -0.2) is 4.39 Å². The van der Waals surface area contributed by atoms with E-state index < -0.39 is 18.2 Å². The number of hydrogen-bond donors (Lipinski definition) is 2. The van der Waals surface area contributed by atoms with E-state index >= 15 is 0 Å². The Hall–Kier alpha value is -1.82. The van der Waals surface area contributed by atoms with Crippen LogP contribution >= 0.6 is 0 Å². The molecular formula is C13H18FNO4. The zero-order valence-corrected chi connectivity index (χ0v) is 11.1. The topological polar surface area (TPSA) is 81.8 Å². The normalized spacial score (nSPS) is 13.7. The summed E-state index contributed by atoms with van der Waals surface area (Å²) in [5.74, 6) is -0.268. The largest absolute Gasteiger partial charge is 0.493 e. The quantitative estimate of drug-likeness (QED) is 0.829. The summed E-state index contributed by atoms with van der Waals surface area (Å²) < 4.78 is 23.9. The highest BCUT2D eigenvalue weighted by Gasteiger charge is 2.21. The van der Waals surface area contributed by atoms with Crippen LogP contribution in [0.3, 0.4) is 0 Å². The molecule has 2 unspecified atom stereocenters. The zero-order chi connectivity index (χ0) is 14.6. The van der Waals surface area contributed by atoms with Crippen molar-refractivity contribution in [1.29, 1.82) is 0 Å². The Bertz CT molecular complexity index is 462. The standard InChI is InChI=1S/C13H18FNO4/c1-7(14)8-4-11(18-2)12(19-3)5-9(8)10(15)6-13(16)17/h4-5,7,10H,6,15H2,1-3H3,(H,16,17). The molecule has 3 N–H and O–H groups in total. The van der Waals surface area contributed by atoms with E-state index in [1.807, 2.05) is 0 Å². The van der Waals surface area contributed by atoms with Gasteiger partial charge >= 0.3 is 5.97 Å². The minimum Gasteiger partial charge on any atom is -0.493 e. The van der Waals surface area contributed by atoms with Gasteiger partial charge in [0.25, 0.3) is 0 Å². The van der Waals surface area contributed by atoms with E-state index in [2.05, 4.69) is 0 Å². The van der Waals surface area contributed by atoms with Crippen LogP contribution in [-0.2, 0) is 4.79 Å². The monoisotopic (exact) mass is 271 g/mol. The number of rotatable bonds is 6. The Kier molecular flexibility index (Phi) is 5.11. The van der Waals surface area contributed by atoms with Crippen LogP contribution in [0, 0.1) is 0 Å². The summed E-state index contributed by atoms with van der Waals surface area (Å²) in [6.07, 6.45) is -1.57. The molecule has 2 atom stereocenters. The van der Waals surface area contributed by atoms with E-state index in [1.54, 1.807) is 0 Å². The van der Waals surface area contributed by atoms with Crippen molar-refractivity contribution in [2.45, 2.75) is 25.6 Å². The number of carbonyl (C=O) groups is 1. The van der Waals surface area contributed by atoms with Gasteiger partial charge < -0.3 is 20.3 Å². The highest BCUT2D eigenvalue weighted by Crippen LogP contribution is 2.37. The van der Waals surface area contributed by atoms with Crippen LogP contribution in [0.5, 0.6) is 11.5 Å². The van der Waals surface area contributed by atoms with Crippen LogP contribution in [0.25, 0.3) is 0 Å². The Balaban J connectivity index is 3.30. The number of carboxylic acid groups (broad SMARTS) is 1. The van der Waals surface area contributed by atoms with Crippen LogP contribution in [0.15, 0.2) is 12.1 Å². The van der Waals surface area contributed by atoms with Gasteiger partial charge in [0.15, 0.2) is 11.5 Å². The Morgan fingerprint density at radius 1 is 1.32 bits per heavy atom. The second-order valence-electron chi connectivity index (χ2n) is 4.16. The van der Waals surface area contributed by atoms with E-state index in [9.17, 15) is 9.18 Å². The van der Waals surface area contributed by atoms with Crippen molar-refractivity contribution in [2.24, 2.45) is 5.73 Å². The van der Waals surface area contributed by atoms with Gasteiger partial charge in [-0.15, -0.1) is 0 Å². The van der Waals surface area contributed by atoms with Gasteiger partial charge in [-0.05, 0) is 30.2 Å². The van der Waals surface area contributed by atoms with E-state index in [1.165, 1.54) is 33.3 Å². The van der Waals surface area contributed by atoms with Gasteiger partial charge in [0.05, 0.1) is 20.6 Å². The lowest BCUT2D eigenvalue weighted by molar-refractivity contribution is -0.137. The van der Waals surface area contributed by atoms with Gasteiger partial charge in [0, 0.05) is 6.04 Å².